The lowest BCUT2D eigenvalue weighted by Gasteiger charge is -2.03. The van der Waals surface area contributed by atoms with Crippen molar-refractivity contribution in [2.45, 2.75) is 17.2 Å². The van der Waals surface area contributed by atoms with Gasteiger partial charge in [-0.15, -0.1) is 23.2 Å². The van der Waals surface area contributed by atoms with E-state index in [1.807, 2.05) is 12.1 Å². The predicted molar refractivity (Wildman–Crippen MR) is 48.4 cm³/mol. The van der Waals surface area contributed by atoms with Crippen molar-refractivity contribution >= 4 is 23.2 Å². The molecule has 2 rings (SSSR count). The predicted octanol–water partition coefficient (Wildman–Crippen LogP) is 3.13. The average molecular weight is 187 g/mol. The van der Waals surface area contributed by atoms with E-state index in [0.717, 1.165) is 6.42 Å². The van der Waals surface area contributed by atoms with Crippen LogP contribution in [0.3, 0.4) is 0 Å². The quantitative estimate of drug-likeness (QED) is 0.547. The van der Waals surface area contributed by atoms with Crippen LogP contribution in [0.2, 0.25) is 0 Å². The van der Waals surface area contributed by atoms with Gasteiger partial charge in [-0.05, 0) is 17.5 Å². The van der Waals surface area contributed by atoms with Crippen molar-refractivity contribution in [3.05, 3.63) is 35.4 Å². The zero-order chi connectivity index (χ0) is 7.84. The maximum Gasteiger partial charge on any atom is 0.0754 e. The molecular formula is C9H8Cl2. The van der Waals surface area contributed by atoms with Crippen molar-refractivity contribution in [3.63, 3.8) is 0 Å². The van der Waals surface area contributed by atoms with Gasteiger partial charge in [0, 0.05) is 0 Å². The van der Waals surface area contributed by atoms with Crippen LogP contribution < -0.4 is 0 Å². The maximum atomic E-state index is 6.06. The summed E-state index contributed by atoms with van der Waals surface area (Å²) in [4.78, 5) is 0. The summed E-state index contributed by atoms with van der Waals surface area (Å²) in [5, 5.41) is 0.0851. The Morgan fingerprint density at radius 1 is 1.18 bits per heavy atom. The van der Waals surface area contributed by atoms with Crippen LogP contribution >= 0.6 is 23.2 Å². The third-order valence-electron chi connectivity index (χ3n) is 2.08. The molecule has 0 saturated carbocycles. The van der Waals surface area contributed by atoms with E-state index >= 15 is 0 Å². The lowest BCUT2D eigenvalue weighted by atomic mass is 10.1. The number of hydrogen-bond donors (Lipinski definition) is 0. The van der Waals surface area contributed by atoms with E-state index in [2.05, 4.69) is 12.1 Å². The summed E-state index contributed by atoms with van der Waals surface area (Å²) in [5.74, 6) is 0. The normalized spacial score (nSPS) is 28.5. The zero-order valence-electron chi connectivity index (χ0n) is 5.93. The molecule has 0 N–H and O–H groups in total. The van der Waals surface area contributed by atoms with Gasteiger partial charge in [-0.3, -0.25) is 0 Å². The van der Waals surface area contributed by atoms with Crippen molar-refractivity contribution in [3.8, 4) is 0 Å². The highest BCUT2D eigenvalue weighted by atomic mass is 35.5. The number of fused-ring (bicyclic) bond motifs is 1. The minimum absolute atomic E-state index is 0.00728. The topological polar surface area (TPSA) is 0 Å². The summed E-state index contributed by atoms with van der Waals surface area (Å²) in [6.45, 7) is 0. The lowest BCUT2D eigenvalue weighted by Crippen LogP contribution is -1.98. The number of alkyl halides is 2. The molecule has 2 atom stereocenters. The van der Waals surface area contributed by atoms with Gasteiger partial charge < -0.3 is 0 Å². The summed E-state index contributed by atoms with van der Waals surface area (Å²) < 4.78 is 0. The minimum Gasteiger partial charge on any atom is -0.121 e. The van der Waals surface area contributed by atoms with E-state index < -0.39 is 0 Å². The highest BCUT2D eigenvalue weighted by molar-refractivity contribution is 6.30. The maximum absolute atomic E-state index is 6.06. The Morgan fingerprint density at radius 2 is 1.91 bits per heavy atom. The molecule has 1 aliphatic carbocycles. The zero-order valence-corrected chi connectivity index (χ0v) is 7.44. The van der Waals surface area contributed by atoms with Crippen LogP contribution in [-0.2, 0) is 6.42 Å². The van der Waals surface area contributed by atoms with E-state index in [1.54, 1.807) is 0 Å². The molecule has 1 aromatic carbocycles. The second-order valence-corrected chi connectivity index (χ2v) is 3.85. The minimum atomic E-state index is 0.00728. The van der Waals surface area contributed by atoms with Crippen LogP contribution in [0.25, 0.3) is 0 Å². The first-order chi connectivity index (χ1) is 5.29. The molecule has 0 nitrogen and oxygen atoms in total. The third-order valence-corrected chi connectivity index (χ3v) is 3.16. The third kappa shape index (κ3) is 1.15. The largest absolute Gasteiger partial charge is 0.121 e. The monoisotopic (exact) mass is 186 g/mol. The van der Waals surface area contributed by atoms with E-state index in [-0.39, 0.29) is 10.8 Å². The first-order valence-electron chi connectivity index (χ1n) is 3.65. The first-order valence-corrected chi connectivity index (χ1v) is 4.52. The Morgan fingerprint density at radius 3 is 2.64 bits per heavy atom. The van der Waals surface area contributed by atoms with Crippen molar-refractivity contribution in [2.75, 3.05) is 0 Å². The SMILES string of the molecule is Cl[C@H]1Cc2ccccc2[C@@H]1Cl. The Balaban J connectivity index is 2.47. The molecule has 0 aliphatic heterocycles. The Kier molecular flexibility index (Phi) is 1.82. The molecule has 0 aromatic heterocycles. The van der Waals surface area contributed by atoms with Crippen LogP contribution in [0.5, 0.6) is 0 Å². The van der Waals surface area contributed by atoms with Gasteiger partial charge in [-0.1, -0.05) is 24.3 Å². The molecule has 1 aliphatic rings. The fourth-order valence-corrected chi connectivity index (χ4v) is 2.10. The molecule has 0 unspecified atom stereocenters. The summed E-state index contributed by atoms with van der Waals surface area (Å²) in [5.41, 5.74) is 2.50. The highest BCUT2D eigenvalue weighted by Crippen LogP contribution is 2.38. The molecule has 0 fully saturated rings. The number of halogens is 2. The summed E-state index contributed by atoms with van der Waals surface area (Å²) in [6, 6.07) is 8.17. The van der Waals surface area contributed by atoms with E-state index in [9.17, 15) is 0 Å². The van der Waals surface area contributed by atoms with Gasteiger partial charge in [-0.2, -0.15) is 0 Å². The van der Waals surface area contributed by atoms with Gasteiger partial charge in [0.25, 0.3) is 0 Å². The summed E-state index contributed by atoms with van der Waals surface area (Å²) >= 11 is 12.1. The average Bonchev–Trinajstić information content (AvgIpc) is 2.30. The van der Waals surface area contributed by atoms with Gasteiger partial charge in [-0.25, -0.2) is 0 Å². The molecule has 1 aromatic rings. The van der Waals surface area contributed by atoms with Crippen LogP contribution in [0.4, 0.5) is 0 Å². The van der Waals surface area contributed by atoms with Crippen LogP contribution in [0.15, 0.2) is 24.3 Å². The van der Waals surface area contributed by atoms with Crippen molar-refractivity contribution in [1.82, 2.24) is 0 Å². The van der Waals surface area contributed by atoms with Crippen LogP contribution in [0, 0.1) is 0 Å². The Labute approximate surface area is 76.1 Å². The van der Waals surface area contributed by atoms with Crippen LogP contribution in [0.1, 0.15) is 16.5 Å². The molecule has 0 heterocycles. The van der Waals surface area contributed by atoms with E-state index in [1.165, 1.54) is 11.1 Å². The molecule has 2 heteroatoms. The Hall–Kier alpha value is -0.200. The van der Waals surface area contributed by atoms with E-state index in [0.29, 0.717) is 0 Å². The summed E-state index contributed by atoms with van der Waals surface area (Å²) in [6.07, 6.45) is 0.909. The fourth-order valence-electron chi connectivity index (χ4n) is 1.50. The van der Waals surface area contributed by atoms with E-state index in [4.69, 9.17) is 23.2 Å². The van der Waals surface area contributed by atoms with Gasteiger partial charge >= 0.3 is 0 Å². The molecular weight excluding hydrogens is 179 g/mol. The first kappa shape index (κ1) is 7.45. The smallest absolute Gasteiger partial charge is 0.0754 e. The molecule has 58 valence electrons. The molecule has 11 heavy (non-hydrogen) atoms. The number of hydrogen-bond acceptors (Lipinski definition) is 0. The van der Waals surface area contributed by atoms with Gasteiger partial charge in [0.2, 0.25) is 0 Å². The highest BCUT2D eigenvalue weighted by Gasteiger charge is 2.28. The van der Waals surface area contributed by atoms with Gasteiger partial charge in [0.15, 0.2) is 0 Å². The fraction of sp³-hybridized carbons (Fsp3) is 0.333. The molecule has 0 amide bonds. The number of benzene rings is 1. The van der Waals surface area contributed by atoms with Crippen molar-refractivity contribution in [2.24, 2.45) is 0 Å². The standard InChI is InChI=1S/C9H8Cl2/c10-8-5-6-3-1-2-4-7(6)9(8)11/h1-4,8-9H,5H2/t8-,9-/m0/s1. The molecule has 0 bridgehead atoms. The molecule has 0 spiro atoms. The van der Waals surface area contributed by atoms with Gasteiger partial charge in [0.1, 0.15) is 0 Å². The van der Waals surface area contributed by atoms with Gasteiger partial charge in [0.05, 0.1) is 10.8 Å². The van der Waals surface area contributed by atoms with Crippen molar-refractivity contribution in [1.29, 1.82) is 0 Å². The summed E-state index contributed by atoms with van der Waals surface area (Å²) in [7, 11) is 0. The second kappa shape index (κ2) is 2.69. The Bertz CT molecular complexity index is 270. The molecule has 0 saturated heterocycles. The molecule has 0 radical (unpaired) electrons. The van der Waals surface area contributed by atoms with Crippen LogP contribution in [-0.4, -0.2) is 5.38 Å². The number of rotatable bonds is 0. The van der Waals surface area contributed by atoms with Crippen molar-refractivity contribution < 1.29 is 0 Å². The lowest BCUT2D eigenvalue weighted by molar-refractivity contribution is 0.892. The second-order valence-electron chi connectivity index (χ2n) is 2.82.